The lowest BCUT2D eigenvalue weighted by Gasteiger charge is -2.15. The topological polar surface area (TPSA) is 51.5 Å². The molecule has 1 aromatic heterocycles. The molecule has 0 saturated carbocycles. The fourth-order valence-electron chi connectivity index (χ4n) is 3.55. The van der Waals surface area contributed by atoms with E-state index in [0.29, 0.717) is 11.4 Å². The van der Waals surface area contributed by atoms with Crippen LogP contribution in [0.15, 0.2) is 89.3 Å². The monoisotopic (exact) mass is 381 g/mol. The lowest BCUT2D eigenvalue weighted by molar-refractivity contribution is -0.122. The van der Waals surface area contributed by atoms with E-state index >= 15 is 0 Å². The van der Waals surface area contributed by atoms with Gasteiger partial charge in [0.1, 0.15) is 16.9 Å². The number of nitrogens with one attached hydrogen (secondary N) is 1. The normalized spacial score (nSPS) is 12.3. The number of para-hydroxylation sites is 1. The molecule has 0 aliphatic carbocycles. The molecular formula is C25H19NO3. The maximum atomic E-state index is 12.6. The molecule has 4 heteroatoms. The molecule has 1 atom stereocenters. The van der Waals surface area contributed by atoms with Gasteiger partial charge in [-0.15, -0.1) is 0 Å². The predicted molar refractivity (Wildman–Crippen MR) is 116 cm³/mol. The number of anilines is 1. The van der Waals surface area contributed by atoms with Crippen LogP contribution in [0.3, 0.4) is 0 Å². The Morgan fingerprint density at radius 1 is 0.828 bits per heavy atom. The predicted octanol–water partition coefficient (Wildman–Crippen LogP) is 6.15. The highest BCUT2D eigenvalue weighted by atomic mass is 16.5. The summed E-state index contributed by atoms with van der Waals surface area (Å²) >= 11 is 0. The number of benzene rings is 4. The fraction of sp³-hybridized carbons (Fsp3) is 0.0800. The zero-order chi connectivity index (χ0) is 19.8. The molecule has 0 radical (unpaired) electrons. The minimum Gasteiger partial charge on any atom is -0.481 e. The van der Waals surface area contributed by atoms with Gasteiger partial charge in [0.15, 0.2) is 6.10 Å². The van der Waals surface area contributed by atoms with Crippen molar-refractivity contribution in [1.29, 1.82) is 0 Å². The van der Waals surface area contributed by atoms with Crippen LogP contribution in [-0.2, 0) is 4.79 Å². The van der Waals surface area contributed by atoms with E-state index in [9.17, 15) is 4.79 Å². The van der Waals surface area contributed by atoms with Gasteiger partial charge in [-0.3, -0.25) is 4.79 Å². The second kappa shape index (κ2) is 6.99. The third-order valence-electron chi connectivity index (χ3n) is 5.05. The van der Waals surface area contributed by atoms with E-state index in [0.717, 1.165) is 32.7 Å². The quantitative estimate of drug-likeness (QED) is 0.406. The van der Waals surface area contributed by atoms with Crippen molar-refractivity contribution in [2.45, 2.75) is 13.0 Å². The maximum Gasteiger partial charge on any atom is 0.265 e. The molecule has 0 spiro atoms. The van der Waals surface area contributed by atoms with Gasteiger partial charge < -0.3 is 14.5 Å². The van der Waals surface area contributed by atoms with Gasteiger partial charge in [-0.25, -0.2) is 0 Å². The fourth-order valence-corrected chi connectivity index (χ4v) is 3.55. The highest BCUT2D eigenvalue weighted by molar-refractivity contribution is 6.06. The Kier molecular flexibility index (Phi) is 4.17. The van der Waals surface area contributed by atoms with Crippen molar-refractivity contribution in [3.63, 3.8) is 0 Å². The summed E-state index contributed by atoms with van der Waals surface area (Å²) < 4.78 is 11.7. The molecule has 1 heterocycles. The summed E-state index contributed by atoms with van der Waals surface area (Å²) in [5, 5.41) is 7.21. The molecule has 4 nitrogen and oxygen atoms in total. The van der Waals surface area contributed by atoms with Gasteiger partial charge in [-0.2, -0.15) is 0 Å². The summed E-state index contributed by atoms with van der Waals surface area (Å²) in [5.41, 5.74) is 2.25. The van der Waals surface area contributed by atoms with Crippen LogP contribution in [-0.4, -0.2) is 12.0 Å². The Labute approximate surface area is 167 Å². The average Bonchev–Trinajstić information content (AvgIpc) is 3.11. The van der Waals surface area contributed by atoms with E-state index in [1.807, 2.05) is 84.9 Å². The third-order valence-corrected chi connectivity index (χ3v) is 5.05. The number of ether oxygens (including phenoxy) is 1. The Balaban J connectivity index is 1.33. The average molecular weight is 381 g/mol. The number of amides is 1. The molecule has 1 N–H and O–H groups in total. The Morgan fingerprint density at radius 2 is 1.59 bits per heavy atom. The number of rotatable bonds is 4. The summed E-state index contributed by atoms with van der Waals surface area (Å²) in [6, 6.07) is 27.4. The summed E-state index contributed by atoms with van der Waals surface area (Å²) in [5.74, 6) is 0.452. The highest BCUT2D eigenvalue weighted by Crippen LogP contribution is 2.30. The van der Waals surface area contributed by atoms with Crippen molar-refractivity contribution in [2.24, 2.45) is 0 Å². The Bertz CT molecular complexity index is 1350. The van der Waals surface area contributed by atoms with E-state index in [4.69, 9.17) is 9.15 Å². The third kappa shape index (κ3) is 3.29. The van der Waals surface area contributed by atoms with Crippen LogP contribution >= 0.6 is 0 Å². The number of hydrogen-bond donors (Lipinski definition) is 1. The lowest BCUT2D eigenvalue weighted by Crippen LogP contribution is -2.30. The standard InChI is InChI=1S/C25H19NO3/c1-16(28-20-12-10-17-6-2-3-7-18(17)14-20)25(27)26-19-11-13-22-21-8-4-5-9-23(21)29-24(22)15-19/h2-16H,1H3,(H,26,27). The Hall–Kier alpha value is -3.79. The van der Waals surface area contributed by atoms with Gasteiger partial charge in [-0.1, -0.05) is 48.5 Å². The Morgan fingerprint density at radius 3 is 2.48 bits per heavy atom. The van der Waals surface area contributed by atoms with Crippen LogP contribution < -0.4 is 10.1 Å². The lowest BCUT2D eigenvalue weighted by atomic mass is 10.1. The van der Waals surface area contributed by atoms with E-state index < -0.39 is 6.10 Å². The van der Waals surface area contributed by atoms with Crippen LogP contribution in [0.4, 0.5) is 5.69 Å². The van der Waals surface area contributed by atoms with Crippen LogP contribution in [0.25, 0.3) is 32.7 Å². The van der Waals surface area contributed by atoms with E-state index in [1.165, 1.54) is 0 Å². The largest absolute Gasteiger partial charge is 0.481 e. The van der Waals surface area contributed by atoms with Crippen molar-refractivity contribution in [1.82, 2.24) is 0 Å². The molecule has 0 fully saturated rings. The molecule has 0 aliphatic rings. The molecule has 1 unspecified atom stereocenters. The first-order valence-electron chi connectivity index (χ1n) is 9.55. The van der Waals surface area contributed by atoms with Crippen LogP contribution in [0.1, 0.15) is 6.92 Å². The molecule has 0 bridgehead atoms. The molecule has 4 aromatic carbocycles. The van der Waals surface area contributed by atoms with E-state index in [2.05, 4.69) is 5.32 Å². The minimum atomic E-state index is -0.637. The first kappa shape index (κ1) is 17.3. The van der Waals surface area contributed by atoms with Gasteiger partial charge in [0.2, 0.25) is 0 Å². The number of carbonyl (C=O) groups is 1. The molecule has 142 valence electrons. The van der Waals surface area contributed by atoms with Gasteiger partial charge in [0.05, 0.1) is 0 Å². The van der Waals surface area contributed by atoms with E-state index in [1.54, 1.807) is 6.92 Å². The highest BCUT2D eigenvalue weighted by Gasteiger charge is 2.16. The molecule has 1 amide bonds. The minimum absolute atomic E-state index is 0.214. The first-order chi connectivity index (χ1) is 14.2. The van der Waals surface area contributed by atoms with Crippen LogP contribution in [0, 0.1) is 0 Å². The number of carbonyl (C=O) groups excluding carboxylic acids is 1. The van der Waals surface area contributed by atoms with Crippen LogP contribution in [0.5, 0.6) is 5.75 Å². The van der Waals surface area contributed by atoms with Crippen molar-refractivity contribution < 1.29 is 13.9 Å². The van der Waals surface area contributed by atoms with Crippen molar-refractivity contribution in [3.05, 3.63) is 84.9 Å². The van der Waals surface area contributed by atoms with Gasteiger partial charge >= 0.3 is 0 Å². The summed E-state index contributed by atoms with van der Waals surface area (Å²) in [6.45, 7) is 1.74. The zero-order valence-corrected chi connectivity index (χ0v) is 15.9. The van der Waals surface area contributed by atoms with Crippen molar-refractivity contribution in [3.8, 4) is 5.75 Å². The smallest absolute Gasteiger partial charge is 0.265 e. The second-order valence-corrected chi connectivity index (χ2v) is 7.07. The summed E-state index contributed by atoms with van der Waals surface area (Å²) in [7, 11) is 0. The number of hydrogen-bond acceptors (Lipinski definition) is 3. The summed E-state index contributed by atoms with van der Waals surface area (Å²) in [4.78, 5) is 12.6. The first-order valence-corrected chi connectivity index (χ1v) is 9.55. The molecule has 29 heavy (non-hydrogen) atoms. The molecule has 5 rings (SSSR count). The maximum absolute atomic E-state index is 12.6. The molecule has 0 saturated heterocycles. The van der Waals surface area contributed by atoms with Crippen LogP contribution in [0.2, 0.25) is 0 Å². The zero-order valence-electron chi connectivity index (χ0n) is 15.9. The summed E-state index contributed by atoms with van der Waals surface area (Å²) in [6.07, 6.45) is -0.637. The van der Waals surface area contributed by atoms with Gasteiger partial charge in [-0.05, 0) is 48.0 Å². The van der Waals surface area contributed by atoms with Crippen molar-refractivity contribution >= 4 is 44.3 Å². The van der Waals surface area contributed by atoms with Gasteiger partial charge in [0, 0.05) is 22.5 Å². The SMILES string of the molecule is CC(Oc1ccc2ccccc2c1)C(=O)Nc1ccc2c(c1)oc1ccccc12. The molecule has 0 aliphatic heterocycles. The second-order valence-electron chi connectivity index (χ2n) is 7.07. The van der Waals surface area contributed by atoms with Crippen molar-refractivity contribution in [2.75, 3.05) is 5.32 Å². The van der Waals surface area contributed by atoms with E-state index in [-0.39, 0.29) is 5.91 Å². The number of furan rings is 1. The molecular weight excluding hydrogens is 362 g/mol. The molecule has 5 aromatic rings. The number of fused-ring (bicyclic) bond motifs is 4. The van der Waals surface area contributed by atoms with Gasteiger partial charge in [0.25, 0.3) is 5.91 Å².